The van der Waals surface area contributed by atoms with Gasteiger partial charge < -0.3 is 17.0 Å². The molecular weight excluding hydrogens is 228 g/mol. The molecule has 0 saturated heterocycles. The van der Waals surface area contributed by atoms with Crippen LogP contribution in [0, 0.1) is 0 Å². The van der Waals surface area contributed by atoms with E-state index in [2.05, 4.69) is 6.07 Å². The summed E-state index contributed by atoms with van der Waals surface area (Å²) in [6.07, 6.45) is 0. The van der Waals surface area contributed by atoms with E-state index < -0.39 is 0 Å². The predicted octanol–water partition coefficient (Wildman–Crippen LogP) is -1.24. The summed E-state index contributed by atoms with van der Waals surface area (Å²) in [7, 11) is 0. The maximum Gasteiger partial charge on any atom is -1.00 e. The van der Waals surface area contributed by atoms with Gasteiger partial charge in [-0.05, 0) is 0 Å². The van der Waals surface area contributed by atoms with Crippen molar-refractivity contribution >= 4 is 21.7 Å². The topological polar surface area (TPSA) is 9.23 Å². The van der Waals surface area contributed by atoms with Gasteiger partial charge in [-0.3, -0.25) is 0 Å². The van der Waals surface area contributed by atoms with Gasteiger partial charge in [0.05, 0.1) is 0 Å². The summed E-state index contributed by atoms with van der Waals surface area (Å²) in [5, 5.41) is 0. The van der Waals surface area contributed by atoms with E-state index in [1.54, 1.807) is 0 Å². The van der Waals surface area contributed by atoms with Gasteiger partial charge in [0.1, 0.15) is 0 Å². The van der Waals surface area contributed by atoms with E-state index in [4.69, 9.17) is 4.74 Å². The first-order valence-electron chi connectivity index (χ1n) is 3.88. The Morgan fingerprint density at radius 2 is 2.00 bits per heavy atom. The van der Waals surface area contributed by atoms with Gasteiger partial charge >= 0.3 is 80.1 Å². The Hall–Kier alpha value is 0.266. The molecule has 0 spiro atoms. The molecule has 0 unspecified atom stereocenters. The van der Waals surface area contributed by atoms with Crippen LogP contribution in [0.15, 0.2) is 24.3 Å². The van der Waals surface area contributed by atoms with Crippen LogP contribution in [0.4, 0.5) is 0 Å². The van der Waals surface area contributed by atoms with Gasteiger partial charge in [0.2, 0.25) is 0 Å². The zero-order chi connectivity index (χ0) is 8.10. The van der Waals surface area contributed by atoms with Gasteiger partial charge in [-0.1, -0.05) is 0 Å². The molecule has 62 valence electrons. The van der Waals surface area contributed by atoms with E-state index in [9.17, 15) is 0 Å². The normalized spacial score (nSPS) is 8.92. The molecule has 0 heterocycles. The minimum atomic E-state index is 0. The molecule has 1 nitrogen and oxygen atoms in total. The van der Waals surface area contributed by atoms with Gasteiger partial charge in [0.25, 0.3) is 0 Å². The summed E-state index contributed by atoms with van der Waals surface area (Å²) in [6, 6.07) is 8.18. The first-order valence-corrected chi connectivity index (χ1v) is 4.88. The number of hydrogen-bond donors (Lipinski definition) is 0. The van der Waals surface area contributed by atoms with E-state index in [1.807, 2.05) is 46.8 Å². The molecule has 1 aromatic rings. The Balaban J connectivity index is 0.00000121. The van der Waals surface area contributed by atoms with Crippen molar-refractivity contribution in [1.82, 2.24) is 0 Å². The molecule has 0 saturated carbocycles. The van der Waals surface area contributed by atoms with Crippen molar-refractivity contribution in [3.05, 3.63) is 29.8 Å². The molecule has 0 aliphatic carbocycles. The fourth-order valence-corrected chi connectivity index (χ4v) is 1.42. The molecule has 0 radical (unpaired) electrons. The maximum atomic E-state index is 5.43. The molecular formula is C9H11BrMgO. The first-order chi connectivity index (χ1) is 5.38. The zero-order valence-electron chi connectivity index (χ0n) is 7.22. The molecule has 3 heteroatoms. The summed E-state index contributed by atoms with van der Waals surface area (Å²) in [5.41, 5.74) is 1.30. The minimum Gasteiger partial charge on any atom is -1.00 e. The molecule has 0 bridgehead atoms. The van der Waals surface area contributed by atoms with Crippen molar-refractivity contribution in [2.45, 2.75) is 11.5 Å². The SMILES string of the molecule is CCOc1ccccc1[CH2][Mg+].[Br-]. The molecule has 0 aromatic heterocycles. The molecule has 0 N–H and O–H groups in total. The van der Waals surface area contributed by atoms with E-state index in [1.165, 1.54) is 5.56 Å². The fourth-order valence-electron chi connectivity index (χ4n) is 1.01. The zero-order valence-corrected chi connectivity index (χ0v) is 10.2. The van der Waals surface area contributed by atoms with Crippen LogP contribution in [-0.4, -0.2) is 28.3 Å². The van der Waals surface area contributed by atoms with Crippen molar-refractivity contribution in [2.24, 2.45) is 0 Å². The third-order valence-electron chi connectivity index (χ3n) is 1.54. The number of hydrogen-bond acceptors (Lipinski definition) is 1. The van der Waals surface area contributed by atoms with Crippen LogP contribution in [-0.2, 0) is 4.55 Å². The van der Waals surface area contributed by atoms with Crippen LogP contribution in [0.3, 0.4) is 0 Å². The molecule has 0 aliphatic rings. The number of ether oxygens (including phenoxy) is 1. The fraction of sp³-hybridized carbons (Fsp3) is 0.333. The van der Waals surface area contributed by atoms with Crippen LogP contribution >= 0.6 is 0 Å². The molecule has 1 aromatic carbocycles. The maximum absolute atomic E-state index is 5.43. The second kappa shape index (κ2) is 6.75. The van der Waals surface area contributed by atoms with E-state index >= 15 is 0 Å². The van der Waals surface area contributed by atoms with Crippen LogP contribution in [0.2, 0.25) is 0 Å². The van der Waals surface area contributed by atoms with Gasteiger partial charge in [-0.2, -0.15) is 0 Å². The number of para-hydroxylation sites is 1. The number of rotatable bonds is 3. The van der Waals surface area contributed by atoms with Crippen LogP contribution in [0.25, 0.3) is 0 Å². The van der Waals surface area contributed by atoms with E-state index in [0.717, 1.165) is 16.9 Å². The van der Waals surface area contributed by atoms with Crippen LogP contribution in [0.5, 0.6) is 5.75 Å². The molecule has 0 amide bonds. The molecule has 0 atom stereocenters. The summed E-state index contributed by atoms with van der Waals surface area (Å²) < 4.78 is 6.50. The van der Waals surface area contributed by atoms with E-state index in [-0.39, 0.29) is 17.0 Å². The third-order valence-corrected chi connectivity index (χ3v) is 2.08. The van der Waals surface area contributed by atoms with Gasteiger partial charge in [-0.25, -0.2) is 0 Å². The standard InChI is InChI=1S/C9H11O.BrH.Mg/c1-3-10-9-7-5-4-6-8(9)2;;/h4-7H,2-3H2,1H3;1H;/q;;+1/p-1. The Kier molecular flexibility index (Phi) is 6.90. The van der Waals surface area contributed by atoms with Crippen LogP contribution in [0.1, 0.15) is 12.5 Å². The second-order valence-electron chi connectivity index (χ2n) is 2.29. The summed E-state index contributed by atoms with van der Waals surface area (Å²) in [6.45, 7) is 2.76. The van der Waals surface area contributed by atoms with Gasteiger partial charge in [-0.15, -0.1) is 0 Å². The molecule has 0 fully saturated rings. The molecule has 0 aliphatic heterocycles. The van der Waals surface area contributed by atoms with Gasteiger partial charge in [0.15, 0.2) is 0 Å². The Bertz CT molecular complexity index is 228. The van der Waals surface area contributed by atoms with Crippen molar-refractivity contribution in [2.75, 3.05) is 6.61 Å². The van der Waals surface area contributed by atoms with E-state index in [0.29, 0.717) is 0 Å². The monoisotopic (exact) mass is 238 g/mol. The van der Waals surface area contributed by atoms with Crippen molar-refractivity contribution in [1.29, 1.82) is 0 Å². The number of benzene rings is 1. The summed E-state index contributed by atoms with van der Waals surface area (Å²) in [5.74, 6) is 1.03. The Morgan fingerprint density at radius 3 is 2.58 bits per heavy atom. The molecule has 12 heavy (non-hydrogen) atoms. The van der Waals surface area contributed by atoms with Crippen LogP contribution < -0.4 is 21.7 Å². The predicted molar refractivity (Wildman–Crippen MR) is 47.1 cm³/mol. The summed E-state index contributed by atoms with van der Waals surface area (Å²) >= 11 is 1.95. The number of halogens is 1. The first kappa shape index (κ1) is 12.3. The average molecular weight is 239 g/mol. The Morgan fingerprint density at radius 1 is 1.33 bits per heavy atom. The second-order valence-corrected chi connectivity index (χ2v) is 2.79. The van der Waals surface area contributed by atoms with Gasteiger partial charge in [0, 0.05) is 0 Å². The van der Waals surface area contributed by atoms with Crippen molar-refractivity contribution < 1.29 is 21.7 Å². The largest absolute Gasteiger partial charge is 1.00 e. The third kappa shape index (κ3) is 3.33. The Labute approximate surface area is 96.7 Å². The average Bonchev–Trinajstić information content (AvgIpc) is 2.06. The molecule has 1 rings (SSSR count). The smallest absolute Gasteiger partial charge is 1.00 e. The quantitative estimate of drug-likeness (QED) is 0.600. The van der Waals surface area contributed by atoms with Crippen molar-refractivity contribution in [3.63, 3.8) is 0 Å². The summed E-state index contributed by atoms with van der Waals surface area (Å²) in [4.78, 5) is 0. The van der Waals surface area contributed by atoms with Crippen molar-refractivity contribution in [3.8, 4) is 5.75 Å². The minimum absolute atomic E-state index is 0.